The first kappa shape index (κ1) is 19.3. The highest BCUT2D eigenvalue weighted by Gasteiger charge is 2.14. The molecule has 0 amide bonds. The van der Waals surface area contributed by atoms with Crippen LogP contribution in [-0.2, 0) is 19.5 Å². The minimum Gasteiger partial charge on any atom is -0.390 e. The van der Waals surface area contributed by atoms with Crippen molar-refractivity contribution in [1.82, 2.24) is 24.3 Å². The largest absolute Gasteiger partial charge is 0.437 e. The molecule has 0 radical (unpaired) electrons. The highest BCUT2D eigenvalue weighted by atomic mass is 16.4. The Labute approximate surface area is 170 Å². The van der Waals surface area contributed by atoms with E-state index in [-0.39, 0.29) is 29.3 Å². The van der Waals surface area contributed by atoms with Crippen molar-refractivity contribution in [2.75, 3.05) is 0 Å². The van der Waals surface area contributed by atoms with Crippen molar-refractivity contribution in [2.45, 2.75) is 33.4 Å². The van der Waals surface area contributed by atoms with Gasteiger partial charge in [0, 0.05) is 0 Å². The van der Waals surface area contributed by atoms with Gasteiger partial charge >= 0.3 is 5.76 Å². The number of nitrogens with zero attached hydrogens (tertiary/aromatic N) is 6. The highest BCUT2D eigenvalue weighted by molar-refractivity contribution is 5.77. The Kier molecular flexibility index (Phi) is 4.98. The number of pyridine rings is 1. The van der Waals surface area contributed by atoms with Crippen LogP contribution in [-0.4, -0.2) is 24.3 Å². The summed E-state index contributed by atoms with van der Waals surface area (Å²) in [7, 11) is 0. The van der Waals surface area contributed by atoms with E-state index in [1.165, 1.54) is 27.2 Å². The normalized spacial score (nSPS) is 11.0. The third-order valence-electron chi connectivity index (χ3n) is 4.79. The summed E-state index contributed by atoms with van der Waals surface area (Å²) in [6.07, 6.45) is 1.94. The van der Waals surface area contributed by atoms with Gasteiger partial charge in [0.15, 0.2) is 5.65 Å². The van der Waals surface area contributed by atoms with Gasteiger partial charge in [0.1, 0.15) is 24.6 Å². The van der Waals surface area contributed by atoms with E-state index in [9.17, 15) is 9.59 Å². The second-order valence-electron chi connectivity index (χ2n) is 7.03. The van der Waals surface area contributed by atoms with Gasteiger partial charge in [-0.3, -0.25) is 9.36 Å². The summed E-state index contributed by atoms with van der Waals surface area (Å²) in [5, 5.41) is 13.5. The van der Waals surface area contributed by atoms with E-state index in [1.54, 1.807) is 6.92 Å². The van der Waals surface area contributed by atoms with Crippen molar-refractivity contribution in [2.24, 2.45) is 0 Å². The third-order valence-corrected chi connectivity index (χ3v) is 4.79. The first-order chi connectivity index (χ1) is 14.4. The number of benzene rings is 1. The fourth-order valence-electron chi connectivity index (χ4n) is 3.19. The Morgan fingerprint density at radius 3 is 2.67 bits per heavy atom. The molecule has 3 heterocycles. The molecule has 9 heteroatoms. The van der Waals surface area contributed by atoms with Crippen LogP contribution in [0, 0.1) is 25.2 Å². The zero-order valence-corrected chi connectivity index (χ0v) is 16.5. The average Bonchev–Trinajstić information content (AvgIpc) is 3.08. The topological polar surface area (TPSA) is 120 Å². The van der Waals surface area contributed by atoms with Gasteiger partial charge in [-0.25, -0.2) is 14.8 Å². The van der Waals surface area contributed by atoms with Crippen LogP contribution in [0.4, 0.5) is 0 Å². The lowest BCUT2D eigenvalue weighted by molar-refractivity contribution is 0.434. The molecule has 0 spiro atoms. The second-order valence-corrected chi connectivity index (χ2v) is 7.03. The summed E-state index contributed by atoms with van der Waals surface area (Å²) in [4.78, 5) is 33.2. The quantitative estimate of drug-likeness (QED) is 0.498. The molecule has 3 aromatic heterocycles. The summed E-state index contributed by atoms with van der Waals surface area (Å²) in [5.74, 6) is -0.457. The van der Waals surface area contributed by atoms with Crippen LogP contribution in [0.15, 0.2) is 50.7 Å². The molecule has 0 atom stereocenters. The number of hydrogen-bond acceptors (Lipinski definition) is 7. The molecule has 0 aliphatic heterocycles. The van der Waals surface area contributed by atoms with Crippen LogP contribution in [0.5, 0.6) is 0 Å². The summed E-state index contributed by atoms with van der Waals surface area (Å²) >= 11 is 0. The van der Waals surface area contributed by atoms with E-state index in [2.05, 4.69) is 15.1 Å². The standard InChI is InChI=1S/C21H18N6O3/c1-13-3-5-15(6-4-13)7-8-27-21(29)30-17(25-27)11-26-12-23-19-18(20(26)28)14(2)9-16(10-22)24-19/h3-6,9,12H,7-8,11H2,1-2H3. The maximum atomic E-state index is 12.8. The van der Waals surface area contributed by atoms with Crippen molar-refractivity contribution in [3.63, 3.8) is 0 Å². The maximum Gasteiger partial charge on any atom is 0.437 e. The lowest BCUT2D eigenvalue weighted by atomic mass is 10.1. The zero-order chi connectivity index (χ0) is 21.3. The number of hydrogen-bond donors (Lipinski definition) is 0. The van der Waals surface area contributed by atoms with E-state index in [4.69, 9.17) is 9.68 Å². The van der Waals surface area contributed by atoms with Gasteiger partial charge in [-0.2, -0.15) is 9.94 Å². The number of fused-ring (bicyclic) bond motifs is 1. The van der Waals surface area contributed by atoms with Crippen LogP contribution in [0.25, 0.3) is 11.0 Å². The fraction of sp³-hybridized carbons (Fsp3) is 0.238. The van der Waals surface area contributed by atoms with Gasteiger partial charge in [-0.1, -0.05) is 29.8 Å². The van der Waals surface area contributed by atoms with E-state index < -0.39 is 5.76 Å². The van der Waals surface area contributed by atoms with Crippen LogP contribution in [0.1, 0.15) is 28.3 Å². The predicted molar refractivity (Wildman–Crippen MR) is 108 cm³/mol. The number of aromatic nitrogens is 5. The highest BCUT2D eigenvalue weighted by Crippen LogP contribution is 2.12. The fourth-order valence-corrected chi connectivity index (χ4v) is 3.19. The molecule has 0 saturated heterocycles. The second kappa shape index (κ2) is 7.75. The molecular formula is C21H18N6O3. The molecule has 0 fully saturated rings. The lowest BCUT2D eigenvalue weighted by Gasteiger charge is -2.05. The van der Waals surface area contributed by atoms with Gasteiger partial charge in [0.2, 0.25) is 5.89 Å². The molecule has 150 valence electrons. The monoisotopic (exact) mass is 402 g/mol. The molecule has 0 aliphatic rings. The molecule has 0 aliphatic carbocycles. The maximum absolute atomic E-state index is 12.8. The number of rotatable bonds is 5. The summed E-state index contributed by atoms with van der Waals surface area (Å²) in [5.41, 5.74) is 2.93. The molecule has 4 rings (SSSR count). The van der Waals surface area contributed by atoms with Crippen molar-refractivity contribution < 1.29 is 4.42 Å². The Morgan fingerprint density at radius 2 is 1.93 bits per heavy atom. The molecule has 0 saturated carbocycles. The molecule has 0 unspecified atom stereocenters. The van der Waals surface area contributed by atoms with Crippen LogP contribution in [0.2, 0.25) is 0 Å². The molecular weight excluding hydrogens is 384 g/mol. The van der Waals surface area contributed by atoms with Crippen LogP contribution in [0.3, 0.4) is 0 Å². The van der Waals surface area contributed by atoms with Crippen LogP contribution >= 0.6 is 0 Å². The van der Waals surface area contributed by atoms with Gasteiger partial charge in [-0.15, -0.1) is 5.10 Å². The first-order valence-corrected chi connectivity index (χ1v) is 9.34. The SMILES string of the molecule is Cc1ccc(CCn2nc(Cn3cnc4nc(C#N)cc(C)c4c3=O)oc2=O)cc1. The minimum absolute atomic E-state index is 0.0337. The molecule has 0 N–H and O–H groups in total. The van der Waals surface area contributed by atoms with E-state index in [0.29, 0.717) is 23.9 Å². The Bertz CT molecular complexity index is 1390. The van der Waals surface area contributed by atoms with Crippen molar-refractivity contribution >= 4 is 11.0 Å². The van der Waals surface area contributed by atoms with E-state index in [0.717, 1.165) is 5.56 Å². The third kappa shape index (κ3) is 3.75. The Balaban J connectivity index is 1.58. The first-order valence-electron chi connectivity index (χ1n) is 9.34. The van der Waals surface area contributed by atoms with Crippen molar-refractivity contribution in [3.05, 3.63) is 85.8 Å². The predicted octanol–water partition coefficient (Wildman–Crippen LogP) is 1.72. The molecule has 0 bridgehead atoms. The van der Waals surface area contributed by atoms with Gasteiger partial charge in [0.25, 0.3) is 5.56 Å². The van der Waals surface area contributed by atoms with Crippen molar-refractivity contribution in [1.29, 1.82) is 5.26 Å². The number of nitriles is 1. The van der Waals surface area contributed by atoms with Crippen LogP contribution < -0.4 is 11.3 Å². The van der Waals surface area contributed by atoms with E-state index in [1.807, 2.05) is 37.3 Å². The van der Waals surface area contributed by atoms with E-state index >= 15 is 0 Å². The van der Waals surface area contributed by atoms with Gasteiger partial charge in [-0.05, 0) is 37.5 Å². The smallest absolute Gasteiger partial charge is 0.390 e. The summed E-state index contributed by atoms with van der Waals surface area (Å²) in [6.45, 7) is 4.07. The Hall–Kier alpha value is -4.06. The number of aryl methyl sites for hydroxylation is 4. The summed E-state index contributed by atoms with van der Waals surface area (Å²) in [6, 6.07) is 11.5. The molecule has 4 aromatic rings. The Morgan fingerprint density at radius 1 is 1.17 bits per heavy atom. The van der Waals surface area contributed by atoms with Gasteiger partial charge < -0.3 is 4.42 Å². The molecule has 30 heavy (non-hydrogen) atoms. The zero-order valence-electron chi connectivity index (χ0n) is 16.5. The van der Waals surface area contributed by atoms with Gasteiger partial charge in [0.05, 0.1) is 11.9 Å². The summed E-state index contributed by atoms with van der Waals surface area (Å²) < 4.78 is 7.76. The minimum atomic E-state index is -0.574. The molecule has 1 aromatic carbocycles. The molecule has 9 nitrogen and oxygen atoms in total. The average molecular weight is 402 g/mol. The van der Waals surface area contributed by atoms with Crippen molar-refractivity contribution in [3.8, 4) is 6.07 Å². The lowest BCUT2D eigenvalue weighted by Crippen LogP contribution is -2.22.